The molecule has 1 atom stereocenters. The van der Waals surface area contributed by atoms with E-state index < -0.39 is 12.4 Å². The third-order valence-electron chi connectivity index (χ3n) is 2.60. The van der Waals surface area contributed by atoms with Crippen LogP contribution in [0.4, 0.5) is 13.2 Å². The Balaban J connectivity index is 0.00000220. The second kappa shape index (κ2) is 7.11. The molecule has 3 nitrogen and oxygen atoms in total. The van der Waals surface area contributed by atoms with Gasteiger partial charge in [0.05, 0.1) is 6.04 Å². The number of alkyl halides is 3. The minimum Gasteiger partial charge on any atom is -0.406 e. The Bertz CT molecular complexity index is 593. The highest BCUT2D eigenvalue weighted by Gasteiger charge is 2.31. The van der Waals surface area contributed by atoms with Crippen molar-refractivity contribution < 1.29 is 17.9 Å². The minimum atomic E-state index is -4.70. The molecule has 0 fully saturated rings. The summed E-state index contributed by atoms with van der Waals surface area (Å²) in [5.74, 6) is -0.279. The molecule has 2 rings (SSSR count). The van der Waals surface area contributed by atoms with Gasteiger partial charge in [0.15, 0.2) is 0 Å². The van der Waals surface area contributed by atoms with E-state index >= 15 is 0 Å². The molecular weight excluding hydrogens is 373 g/mol. The molecule has 1 aromatic carbocycles. The van der Waals surface area contributed by atoms with Gasteiger partial charge in [-0.1, -0.05) is 18.2 Å². The monoisotopic (exact) mass is 382 g/mol. The third kappa shape index (κ3) is 4.87. The van der Waals surface area contributed by atoms with Gasteiger partial charge in [0.2, 0.25) is 0 Å². The van der Waals surface area contributed by atoms with Crippen molar-refractivity contribution in [3.05, 3.63) is 58.3 Å². The van der Waals surface area contributed by atoms with Crippen LogP contribution in [-0.4, -0.2) is 11.3 Å². The zero-order valence-electron chi connectivity index (χ0n) is 10.5. The van der Waals surface area contributed by atoms with E-state index in [1.807, 2.05) is 0 Å². The van der Waals surface area contributed by atoms with Crippen LogP contribution in [0, 0.1) is 0 Å². The highest BCUT2D eigenvalue weighted by molar-refractivity contribution is 9.10. The van der Waals surface area contributed by atoms with E-state index in [1.54, 1.807) is 18.3 Å². The third-order valence-corrected chi connectivity index (χ3v) is 3.26. The van der Waals surface area contributed by atoms with E-state index in [2.05, 4.69) is 25.7 Å². The summed E-state index contributed by atoms with van der Waals surface area (Å²) in [4.78, 5) is 4.05. The highest BCUT2D eigenvalue weighted by atomic mass is 79.9. The molecule has 0 aliphatic heterocycles. The van der Waals surface area contributed by atoms with E-state index in [0.29, 0.717) is 10.2 Å². The van der Waals surface area contributed by atoms with Gasteiger partial charge in [0.25, 0.3) is 0 Å². The highest BCUT2D eigenvalue weighted by Crippen LogP contribution is 2.28. The Kier molecular flexibility index (Phi) is 6.00. The van der Waals surface area contributed by atoms with Crippen molar-refractivity contribution in [3.63, 3.8) is 0 Å². The molecule has 2 N–H and O–H groups in total. The molecule has 114 valence electrons. The topological polar surface area (TPSA) is 48.1 Å². The van der Waals surface area contributed by atoms with Gasteiger partial charge >= 0.3 is 6.36 Å². The van der Waals surface area contributed by atoms with E-state index in [-0.39, 0.29) is 18.2 Å². The first-order chi connectivity index (χ1) is 9.37. The second-order valence-corrected chi connectivity index (χ2v) is 4.73. The number of hydrogen-bond donors (Lipinski definition) is 1. The lowest BCUT2D eigenvalue weighted by Crippen LogP contribution is -2.17. The number of hydrogen-bond acceptors (Lipinski definition) is 3. The maximum atomic E-state index is 12.1. The summed E-state index contributed by atoms with van der Waals surface area (Å²) in [7, 11) is 0. The van der Waals surface area contributed by atoms with Gasteiger partial charge in [-0.15, -0.1) is 25.6 Å². The van der Waals surface area contributed by atoms with E-state index in [4.69, 9.17) is 5.73 Å². The van der Waals surface area contributed by atoms with Crippen molar-refractivity contribution in [1.29, 1.82) is 0 Å². The van der Waals surface area contributed by atoms with Crippen LogP contribution >= 0.6 is 28.3 Å². The predicted octanol–water partition coefficient (Wildman–Crippen LogP) is 4.21. The summed E-state index contributed by atoms with van der Waals surface area (Å²) in [6.45, 7) is 0. The lowest BCUT2D eigenvalue weighted by atomic mass is 10.0. The number of nitrogens with two attached hydrogens (primary N) is 1. The summed E-state index contributed by atoms with van der Waals surface area (Å²) < 4.78 is 40.6. The number of nitrogens with zero attached hydrogens (tertiary/aromatic N) is 1. The average molecular weight is 384 g/mol. The minimum absolute atomic E-state index is 0. The molecule has 0 aliphatic rings. The maximum Gasteiger partial charge on any atom is 0.573 e. The van der Waals surface area contributed by atoms with Crippen LogP contribution in [0.25, 0.3) is 0 Å². The van der Waals surface area contributed by atoms with Crippen molar-refractivity contribution in [3.8, 4) is 5.75 Å². The molecule has 21 heavy (non-hydrogen) atoms. The quantitative estimate of drug-likeness (QED) is 0.808. The summed E-state index contributed by atoms with van der Waals surface area (Å²) in [5, 5.41) is 0. The van der Waals surface area contributed by atoms with Gasteiger partial charge in [-0.3, -0.25) is 0 Å². The molecule has 0 saturated heterocycles. The second-order valence-electron chi connectivity index (χ2n) is 3.98. The Morgan fingerprint density at radius 2 is 1.76 bits per heavy atom. The molecule has 0 unspecified atom stereocenters. The zero-order valence-corrected chi connectivity index (χ0v) is 12.9. The van der Waals surface area contributed by atoms with Crippen molar-refractivity contribution in [1.82, 2.24) is 4.98 Å². The van der Waals surface area contributed by atoms with Gasteiger partial charge in [0, 0.05) is 11.8 Å². The van der Waals surface area contributed by atoms with Gasteiger partial charge in [-0.2, -0.15) is 0 Å². The van der Waals surface area contributed by atoms with Gasteiger partial charge < -0.3 is 10.5 Å². The Labute approximate surface area is 133 Å². The Morgan fingerprint density at radius 1 is 1.14 bits per heavy atom. The van der Waals surface area contributed by atoms with Gasteiger partial charge in [-0.25, -0.2) is 4.98 Å². The molecule has 0 aliphatic carbocycles. The van der Waals surface area contributed by atoms with Crippen molar-refractivity contribution in [2.24, 2.45) is 5.73 Å². The summed E-state index contributed by atoms with van der Waals surface area (Å²) in [6.07, 6.45) is -3.09. The number of benzene rings is 1. The van der Waals surface area contributed by atoms with Crippen LogP contribution in [0.2, 0.25) is 0 Å². The molecule has 1 heterocycles. The Morgan fingerprint density at radius 3 is 2.29 bits per heavy atom. The van der Waals surface area contributed by atoms with E-state index in [1.165, 1.54) is 24.3 Å². The molecule has 0 saturated carbocycles. The van der Waals surface area contributed by atoms with E-state index in [0.717, 1.165) is 5.56 Å². The number of aromatic nitrogens is 1. The predicted molar refractivity (Wildman–Crippen MR) is 78.3 cm³/mol. The van der Waals surface area contributed by atoms with Crippen molar-refractivity contribution in [2.45, 2.75) is 12.4 Å². The van der Waals surface area contributed by atoms with Crippen LogP contribution < -0.4 is 10.5 Å². The SMILES string of the molecule is Cl.N[C@@H](c1ccc(OC(F)(F)F)cc1)c1cccnc1Br. The molecule has 0 radical (unpaired) electrons. The van der Waals surface area contributed by atoms with Crippen LogP contribution in [0.15, 0.2) is 47.2 Å². The molecule has 1 aromatic heterocycles. The number of rotatable bonds is 3. The maximum absolute atomic E-state index is 12.1. The average Bonchev–Trinajstić information content (AvgIpc) is 2.37. The fraction of sp³-hybridized carbons (Fsp3) is 0.154. The molecule has 2 aromatic rings. The summed E-state index contributed by atoms with van der Waals surface area (Å²) in [5.41, 5.74) is 7.47. The lowest BCUT2D eigenvalue weighted by Gasteiger charge is -2.14. The first-order valence-corrected chi connectivity index (χ1v) is 6.38. The smallest absolute Gasteiger partial charge is 0.406 e. The fourth-order valence-electron chi connectivity index (χ4n) is 1.69. The van der Waals surface area contributed by atoms with Crippen LogP contribution in [0.1, 0.15) is 17.2 Å². The zero-order chi connectivity index (χ0) is 14.8. The fourth-order valence-corrected chi connectivity index (χ4v) is 2.18. The van der Waals surface area contributed by atoms with Gasteiger partial charge in [-0.05, 0) is 39.7 Å². The molecule has 0 amide bonds. The molecule has 0 bridgehead atoms. The summed E-state index contributed by atoms with van der Waals surface area (Å²) in [6, 6.07) is 8.48. The largest absolute Gasteiger partial charge is 0.573 e. The van der Waals surface area contributed by atoms with Crippen LogP contribution in [0.3, 0.4) is 0 Å². The van der Waals surface area contributed by atoms with E-state index in [9.17, 15) is 13.2 Å². The lowest BCUT2D eigenvalue weighted by molar-refractivity contribution is -0.274. The number of ether oxygens (including phenoxy) is 1. The molecule has 0 spiro atoms. The molecular formula is C13H11BrClF3N2O. The summed E-state index contributed by atoms with van der Waals surface area (Å²) >= 11 is 3.28. The van der Waals surface area contributed by atoms with Crippen LogP contribution in [-0.2, 0) is 0 Å². The Hall–Kier alpha value is -1.31. The number of halogens is 5. The van der Waals surface area contributed by atoms with Crippen molar-refractivity contribution >= 4 is 28.3 Å². The van der Waals surface area contributed by atoms with Crippen LogP contribution in [0.5, 0.6) is 5.75 Å². The normalized spacial score (nSPS) is 12.4. The van der Waals surface area contributed by atoms with Gasteiger partial charge in [0.1, 0.15) is 10.4 Å². The van der Waals surface area contributed by atoms with Crippen molar-refractivity contribution in [2.75, 3.05) is 0 Å². The first-order valence-electron chi connectivity index (χ1n) is 5.58. The first kappa shape index (κ1) is 17.7. The number of pyridine rings is 1. The molecule has 8 heteroatoms. The standard InChI is InChI=1S/C13H10BrF3N2O.ClH/c14-12-10(2-1-7-19-12)11(18)8-3-5-9(6-4-8)20-13(15,16)17;/h1-7,11H,18H2;1H/t11-;/m0./s1.